The molecule has 1 fully saturated rings. The van der Waals surface area contributed by atoms with Crippen molar-refractivity contribution in [3.05, 3.63) is 29.0 Å². The van der Waals surface area contributed by atoms with Crippen molar-refractivity contribution in [3.8, 4) is 0 Å². The summed E-state index contributed by atoms with van der Waals surface area (Å²) < 4.78 is 18.7. The largest absolute Gasteiger partial charge is 0.464 e. The number of ether oxygens (including phenoxy) is 1. The molecular weight excluding hydrogens is 391 g/mol. The van der Waals surface area contributed by atoms with Crippen LogP contribution in [0.3, 0.4) is 0 Å². The minimum Gasteiger partial charge on any atom is -0.464 e. The number of carbonyl (C=O) groups is 2. The van der Waals surface area contributed by atoms with Gasteiger partial charge in [0.05, 0.1) is 17.0 Å². The van der Waals surface area contributed by atoms with Crippen LogP contribution >= 0.6 is 23.4 Å². The standard InChI is InChI=1S/C19H26ClFN2O3S/c1-4-5-8-26-18(24)16-11-27-17(9-12(2)3)23(16)19(25)22-13-6-7-15(21)14(20)10-13/h6-7,10,12,16-17H,4-5,8-9,11H2,1-3H3,(H,22,25). The molecule has 8 heteroatoms. The summed E-state index contributed by atoms with van der Waals surface area (Å²) in [4.78, 5) is 26.9. The summed E-state index contributed by atoms with van der Waals surface area (Å²) in [6.45, 7) is 6.52. The molecule has 1 aromatic carbocycles. The van der Waals surface area contributed by atoms with Crippen LogP contribution in [0.2, 0.25) is 5.02 Å². The average Bonchev–Trinajstić information content (AvgIpc) is 3.01. The van der Waals surface area contributed by atoms with E-state index in [9.17, 15) is 14.0 Å². The van der Waals surface area contributed by atoms with Crippen molar-refractivity contribution in [3.63, 3.8) is 0 Å². The maximum Gasteiger partial charge on any atom is 0.329 e. The summed E-state index contributed by atoms with van der Waals surface area (Å²) in [7, 11) is 0. The van der Waals surface area contributed by atoms with Gasteiger partial charge in [-0.3, -0.25) is 4.90 Å². The third-order valence-electron chi connectivity index (χ3n) is 4.19. The number of benzene rings is 1. The van der Waals surface area contributed by atoms with Crippen molar-refractivity contribution in [2.45, 2.75) is 51.4 Å². The number of esters is 1. The van der Waals surface area contributed by atoms with Crippen molar-refractivity contribution in [2.24, 2.45) is 5.92 Å². The second-order valence-electron chi connectivity index (χ2n) is 6.92. The van der Waals surface area contributed by atoms with Crippen LogP contribution in [0, 0.1) is 11.7 Å². The number of nitrogens with zero attached hydrogens (tertiary/aromatic N) is 1. The van der Waals surface area contributed by atoms with E-state index in [1.54, 1.807) is 16.7 Å². The number of urea groups is 1. The van der Waals surface area contributed by atoms with E-state index < -0.39 is 17.9 Å². The van der Waals surface area contributed by atoms with Gasteiger partial charge in [0, 0.05) is 11.4 Å². The number of rotatable bonds is 7. The summed E-state index contributed by atoms with van der Waals surface area (Å²) in [6, 6.07) is 2.94. The molecule has 0 bridgehead atoms. The summed E-state index contributed by atoms with van der Waals surface area (Å²) in [5.74, 6) is -0.0659. The lowest BCUT2D eigenvalue weighted by atomic mass is 10.1. The molecule has 2 rings (SSSR count). The monoisotopic (exact) mass is 416 g/mol. The molecule has 5 nitrogen and oxygen atoms in total. The van der Waals surface area contributed by atoms with E-state index in [4.69, 9.17) is 16.3 Å². The van der Waals surface area contributed by atoms with Gasteiger partial charge in [0.2, 0.25) is 0 Å². The molecule has 27 heavy (non-hydrogen) atoms. The third kappa shape index (κ3) is 6.01. The average molecular weight is 417 g/mol. The van der Waals surface area contributed by atoms with Gasteiger partial charge in [0.25, 0.3) is 0 Å². The van der Waals surface area contributed by atoms with Gasteiger partial charge < -0.3 is 10.1 Å². The lowest BCUT2D eigenvalue weighted by Crippen LogP contribution is -2.48. The Morgan fingerprint density at radius 1 is 1.44 bits per heavy atom. The molecule has 0 spiro atoms. The normalized spacial score (nSPS) is 19.4. The van der Waals surface area contributed by atoms with E-state index >= 15 is 0 Å². The van der Waals surface area contributed by atoms with Crippen molar-refractivity contribution in [1.29, 1.82) is 0 Å². The van der Waals surface area contributed by atoms with E-state index in [-0.39, 0.29) is 16.4 Å². The Morgan fingerprint density at radius 2 is 2.19 bits per heavy atom. The first kappa shape index (κ1) is 21.8. The minimum atomic E-state index is -0.633. The quantitative estimate of drug-likeness (QED) is 0.493. The number of amides is 2. The van der Waals surface area contributed by atoms with Crippen molar-refractivity contribution >= 4 is 41.1 Å². The van der Waals surface area contributed by atoms with E-state index in [1.807, 2.05) is 6.92 Å². The second-order valence-corrected chi connectivity index (χ2v) is 8.54. The fourth-order valence-corrected chi connectivity index (χ4v) is 4.58. The molecule has 2 amide bonds. The van der Waals surface area contributed by atoms with Crippen LogP contribution in [-0.2, 0) is 9.53 Å². The molecule has 0 aliphatic carbocycles. The highest BCUT2D eigenvalue weighted by molar-refractivity contribution is 8.00. The number of halogens is 2. The predicted octanol–water partition coefficient (Wildman–Crippen LogP) is 5.14. The number of nitrogens with one attached hydrogen (secondary N) is 1. The van der Waals surface area contributed by atoms with E-state index in [1.165, 1.54) is 18.2 Å². The Kier molecular flexibility index (Phi) is 8.23. The Bertz CT molecular complexity index is 674. The summed E-state index contributed by atoms with van der Waals surface area (Å²) in [5, 5.41) is 2.53. The molecule has 1 aliphatic heterocycles. The zero-order valence-corrected chi connectivity index (χ0v) is 17.4. The van der Waals surface area contributed by atoms with Gasteiger partial charge in [-0.05, 0) is 37.0 Å². The molecular formula is C19H26ClFN2O3S. The van der Waals surface area contributed by atoms with Gasteiger partial charge >= 0.3 is 12.0 Å². The van der Waals surface area contributed by atoms with E-state index in [0.29, 0.717) is 24.0 Å². The Morgan fingerprint density at radius 3 is 2.81 bits per heavy atom. The highest BCUT2D eigenvalue weighted by Crippen LogP contribution is 2.34. The molecule has 2 unspecified atom stereocenters. The molecule has 2 atom stereocenters. The minimum absolute atomic E-state index is 0.0714. The molecule has 0 saturated carbocycles. The molecule has 1 saturated heterocycles. The maximum atomic E-state index is 13.3. The van der Waals surface area contributed by atoms with Gasteiger partial charge in [-0.25, -0.2) is 14.0 Å². The van der Waals surface area contributed by atoms with Gasteiger partial charge in [0.15, 0.2) is 0 Å². The summed E-state index contributed by atoms with van der Waals surface area (Å²) >= 11 is 7.36. The van der Waals surface area contributed by atoms with Crippen LogP contribution in [0.15, 0.2) is 18.2 Å². The number of hydrogen-bond donors (Lipinski definition) is 1. The molecule has 1 heterocycles. The van der Waals surface area contributed by atoms with E-state index in [2.05, 4.69) is 19.2 Å². The van der Waals surface area contributed by atoms with Gasteiger partial charge in [0.1, 0.15) is 11.9 Å². The first-order chi connectivity index (χ1) is 12.8. The third-order valence-corrected chi connectivity index (χ3v) is 5.79. The highest BCUT2D eigenvalue weighted by atomic mass is 35.5. The SMILES string of the molecule is CCCCOC(=O)C1CSC(CC(C)C)N1C(=O)Nc1ccc(F)c(Cl)c1. The summed E-state index contributed by atoms with van der Waals surface area (Å²) in [6.07, 6.45) is 2.49. The number of thioether (sulfide) groups is 1. The van der Waals surface area contributed by atoms with Crippen LogP contribution in [0.4, 0.5) is 14.9 Å². The summed E-state index contributed by atoms with van der Waals surface area (Å²) in [5.41, 5.74) is 0.379. The molecule has 1 aromatic rings. The number of carbonyl (C=O) groups excluding carboxylic acids is 2. The predicted molar refractivity (Wildman–Crippen MR) is 108 cm³/mol. The first-order valence-electron chi connectivity index (χ1n) is 9.16. The smallest absolute Gasteiger partial charge is 0.329 e. The number of anilines is 1. The maximum absolute atomic E-state index is 13.3. The van der Waals surface area contributed by atoms with Gasteiger partial charge in [-0.2, -0.15) is 0 Å². The first-order valence-corrected chi connectivity index (χ1v) is 10.6. The zero-order valence-electron chi connectivity index (χ0n) is 15.8. The molecule has 1 N–H and O–H groups in total. The van der Waals surface area contributed by atoms with Crippen molar-refractivity contribution in [1.82, 2.24) is 4.90 Å². The van der Waals surface area contributed by atoms with Gasteiger partial charge in [-0.15, -0.1) is 11.8 Å². The second kappa shape index (κ2) is 10.2. The Hall–Kier alpha value is -1.47. The number of unbranched alkanes of at least 4 members (excludes halogenated alkanes) is 1. The lowest BCUT2D eigenvalue weighted by molar-refractivity contribution is -0.148. The molecule has 0 radical (unpaired) electrons. The van der Waals surface area contributed by atoms with E-state index in [0.717, 1.165) is 19.3 Å². The molecule has 0 aromatic heterocycles. The Labute approximate surface area is 169 Å². The molecule has 1 aliphatic rings. The number of hydrogen-bond acceptors (Lipinski definition) is 4. The lowest BCUT2D eigenvalue weighted by Gasteiger charge is -2.29. The fraction of sp³-hybridized carbons (Fsp3) is 0.579. The van der Waals surface area contributed by atoms with Crippen molar-refractivity contribution in [2.75, 3.05) is 17.7 Å². The fourth-order valence-electron chi connectivity index (χ4n) is 2.78. The Balaban J connectivity index is 2.14. The van der Waals surface area contributed by atoms with Crippen LogP contribution < -0.4 is 5.32 Å². The van der Waals surface area contributed by atoms with Crippen LogP contribution in [0.5, 0.6) is 0 Å². The highest BCUT2D eigenvalue weighted by Gasteiger charge is 2.42. The topological polar surface area (TPSA) is 58.6 Å². The zero-order chi connectivity index (χ0) is 20.0. The van der Waals surface area contributed by atoms with Crippen LogP contribution in [0.1, 0.15) is 40.0 Å². The van der Waals surface area contributed by atoms with Crippen LogP contribution in [-0.4, -0.2) is 40.7 Å². The molecule has 150 valence electrons. The van der Waals surface area contributed by atoms with Crippen LogP contribution in [0.25, 0.3) is 0 Å². The van der Waals surface area contributed by atoms with Gasteiger partial charge in [-0.1, -0.05) is 38.8 Å². The van der Waals surface area contributed by atoms with Crippen molar-refractivity contribution < 1.29 is 18.7 Å².